The Labute approximate surface area is 151 Å². The number of nitrogens with zero attached hydrogens (tertiary/aromatic N) is 1. The smallest absolute Gasteiger partial charge is 0.257 e. The maximum absolute atomic E-state index is 12.1. The van der Waals surface area contributed by atoms with Gasteiger partial charge in [-0.1, -0.05) is 19.0 Å². The molecule has 0 spiro atoms. The van der Waals surface area contributed by atoms with Gasteiger partial charge in [0, 0.05) is 15.9 Å². The summed E-state index contributed by atoms with van der Waals surface area (Å²) >= 11 is 5.96. The molecule has 2 rings (SSSR count). The molecule has 0 fully saturated rings. The van der Waals surface area contributed by atoms with E-state index >= 15 is 0 Å². The summed E-state index contributed by atoms with van der Waals surface area (Å²) in [5.74, 6) is 0. The second-order valence-corrected chi connectivity index (χ2v) is 8.12. The number of aromatic nitrogens is 1. The molecule has 0 bridgehead atoms. The van der Waals surface area contributed by atoms with Gasteiger partial charge in [-0.15, -0.1) is 0 Å². The fourth-order valence-electron chi connectivity index (χ4n) is 1.76. The molecular formula is C16H23ClN2O2S2. The summed E-state index contributed by atoms with van der Waals surface area (Å²) in [6, 6.07) is 6.96. The van der Waals surface area contributed by atoms with Crippen LogP contribution in [0.1, 0.15) is 40.7 Å². The van der Waals surface area contributed by atoms with Gasteiger partial charge in [0.05, 0.1) is 16.0 Å². The Hall–Kier alpha value is -1.11. The number of fused-ring (bicyclic) bond motifs is 1. The van der Waals surface area contributed by atoms with Crippen molar-refractivity contribution < 1.29 is 4.21 Å². The zero-order chi connectivity index (χ0) is 15.8. The number of halogens is 1. The van der Waals surface area contributed by atoms with E-state index in [-0.39, 0.29) is 26.5 Å². The summed E-state index contributed by atoms with van der Waals surface area (Å²) in [6.07, 6.45) is 0. The van der Waals surface area contributed by atoms with Gasteiger partial charge in [0.15, 0.2) is 0 Å². The first kappa shape index (κ1) is 21.9. The first-order valence-electron chi connectivity index (χ1n) is 6.49. The van der Waals surface area contributed by atoms with E-state index in [1.807, 2.05) is 20.8 Å². The Morgan fingerprint density at radius 3 is 2.43 bits per heavy atom. The number of benzene rings is 1. The molecule has 7 heteroatoms. The summed E-state index contributed by atoms with van der Waals surface area (Å²) in [7, 11) is -1.41. The van der Waals surface area contributed by atoms with Crippen LogP contribution in [0.25, 0.3) is 10.9 Å². The largest absolute Gasteiger partial charge is 0.321 e. The molecule has 4 nitrogen and oxygen atoms in total. The first-order valence-corrected chi connectivity index (χ1v) is 7.97. The monoisotopic (exact) mass is 374 g/mol. The van der Waals surface area contributed by atoms with E-state index in [2.05, 4.69) is 9.38 Å². The summed E-state index contributed by atoms with van der Waals surface area (Å²) in [5, 5.41) is 1.40. The van der Waals surface area contributed by atoms with Gasteiger partial charge in [-0.3, -0.25) is 4.79 Å². The van der Waals surface area contributed by atoms with Crippen molar-refractivity contribution in [1.29, 1.82) is 0 Å². The Balaban J connectivity index is 0.00000242. The molecule has 0 aliphatic carbocycles. The second-order valence-electron chi connectivity index (χ2n) is 5.78. The number of hydrogen-bond donors (Lipinski definition) is 1. The van der Waals surface area contributed by atoms with Crippen molar-refractivity contribution in [1.82, 2.24) is 4.98 Å². The predicted octanol–water partition coefficient (Wildman–Crippen LogP) is 4.20. The Kier molecular flexibility index (Phi) is 7.73. The number of rotatable bonds is 2. The average Bonchev–Trinajstić information content (AvgIpc) is 2.37. The van der Waals surface area contributed by atoms with Crippen molar-refractivity contribution in [2.45, 2.75) is 39.9 Å². The lowest BCUT2D eigenvalue weighted by atomic mass is 10.1. The summed E-state index contributed by atoms with van der Waals surface area (Å²) in [6.45, 7) is 7.20. The average molecular weight is 375 g/mol. The van der Waals surface area contributed by atoms with Crippen LogP contribution in [0, 0.1) is 0 Å². The van der Waals surface area contributed by atoms with Crippen molar-refractivity contribution in [2.75, 3.05) is 0 Å². The van der Waals surface area contributed by atoms with Crippen molar-refractivity contribution in [2.24, 2.45) is 4.40 Å². The molecule has 23 heavy (non-hydrogen) atoms. The molecule has 1 heterocycles. The van der Waals surface area contributed by atoms with Crippen LogP contribution in [0.3, 0.4) is 0 Å². The van der Waals surface area contributed by atoms with Crippen LogP contribution >= 0.6 is 25.1 Å². The lowest BCUT2D eigenvalue weighted by molar-refractivity contribution is 0.650. The van der Waals surface area contributed by atoms with Gasteiger partial charge < -0.3 is 4.98 Å². The van der Waals surface area contributed by atoms with Gasteiger partial charge in [-0.2, -0.15) is 17.9 Å². The van der Waals surface area contributed by atoms with E-state index in [1.54, 1.807) is 31.2 Å². The minimum atomic E-state index is -1.41. The molecule has 0 radical (unpaired) electrons. The van der Waals surface area contributed by atoms with E-state index < -0.39 is 15.7 Å². The zero-order valence-electron chi connectivity index (χ0n) is 12.9. The Morgan fingerprint density at radius 2 is 1.87 bits per heavy atom. The lowest BCUT2D eigenvalue weighted by Gasteiger charge is -2.14. The standard InChI is InChI=1S/C15H17ClN2O2S.CH4.H2S/c1-9(18-21(20)15(2,3)4)12-8-10-7-11(16)5-6-13(10)17-14(12)19;;/h5-8H,1-4H3,(H,17,19);1H4;1H2/t21-;;/m0../s1. The molecule has 0 aliphatic rings. The molecule has 0 saturated carbocycles. The summed E-state index contributed by atoms with van der Waals surface area (Å²) in [5.41, 5.74) is 1.31. The van der Waals surface area contributed by atoms with Crippen molar-refractivity contribution in [3.05, 3.63) is 45.2 Å². The molecule has 0 unspecified atom stereocenters. The highest BCUT2D eigenvalue weighted by molar-refractivity contribution is 7.85. The van der Waals surface area contributed by atoms with Crippen LogP contribution in [0.2, 0.25) is 5.02 Å². The highest BCUT2D eigenvalue weighted by Crippen LogP contribution is 2.18. The summed E-state index contributed by atoms with van der Waals surface area (Å²) < 4.78 is 15.7. The molecule has 1 atom stereocenters. The zero-order valence-corrected chi connectivity index (χ0v) is 15.4. The fourth-order valence-corrected chi connectivity index (χ4v) is 2.56. The normalized spacial score (nSPS) is 13.2. The molecule has 0 amide bonds. The van der Waals surface area contributed by atoms with Crippen LogP contribution in [0.15, 0.2) is 33.5 Å². The number of pyridine rings is 1. The summed E-state index contributed by atoms with van der Waals surface area (Å²) in [4.78, 5) is 14.9. The third-order valence-corrected chi connectivity index (χ3v) is 4.66. The first-order chi connectivity index (χ1) is 9.68. The fraction of sp³-hybridized carbons (Fsp3) is 0.375. The van der Waals surface area contributed by atoms with Crippen molar-refractivity contribution >= 4 is 52.7 Å². The molecule has 0 saturated heterocycles. The van der Waals surface area contributed by atoms with Gasteiger partial charge >= 0.3 is 0 Å². The van der Waals surface area contributed by atoms with E-state index in [1.165, 1.54) is 0 Å². The van der Waals surface area contributed by atoms with Gasteiger partial charge in [-0.05, 0) is 52.0 Å². The maximum Gasteiger partial charge on any atom is 0.257 e. The van der Waals surface area contributed by atoms with Crippen LogP contribution in [-0.2, 0) is 11.0 Å². The predicted molar refractivity (Wildman–Crippen MR) is 107 cm³/mol. The topological polar surface area (TPSA) is 62.3 Å². The SMILES string of the molecule is C.CC(=N[S@@](=O)C(C)(C)C)c1cc2cc(Cl)ccc2[nH]c1=O.S. The van der Waals surface area contributed by atoms with Gasteiger partial charge in [0.2, 0.25) is 0 Å². The molecule has 2 aromatic rings. The molecular weight excluding hydrogens is 352 g/mol. The van der Waals surface area contributed by atoms with Crippen molar-refractivity contribution in [3.63, 3.8) is 0 Å². The van der Waals surface area contributed by atoms with Gasteiger partial charge in [0.1, 0.15) is 11.0 Å². The Morgan fingerprint density at radius 1 is 1.26 bits per heavy atom. The number of hydrogen-bond acceptors (Lipinski definition) is 2. The number of aromatic amines is 1. The lowest BCUT2D eigenvalue weighted by Crippen LogP contribution is -2.22. The van der Waals surface area contributed by atoms with Crippen LogP contribution < -0.4 is 5.56 Å². The highest BCUT2D eigenvalue weighted by Gasteiger charge is 2.19. The van der Waals surface area contributed by atoms with Crippen LogP contribution in [0.5, 0.6) is 0 Å². The molecule has 0 aliphatic heterocycles. The molecule has 128 valence electrons. The Bertz CT molecular complexity index is 808. The second kappa shape index (κ2) is 8.13. The minimum absolute atomic E-state index is 0. The molecule has 1 aromatic carbocycles. The maximum atomic E-state index is 12.1. The van der Waals surface area contributed by atoms with Crippen LogP contribution in [-0.4, -0.2) is 19.7 Å². The van der Waals surface area contributed by atoms with E-state index in [0.717, 1.165) is 5.39 Å². The van der Waals surface area contributed by atoms with E-state index in [0.29, 0.717) is 21.8 Å². The van der Waals surface area contributed by atoms with Crippen LogP contribution in [0.4, 0.5) is 0 Å². The highest BCUT2D eigenvalue weighted by atomic mass is 35.5. The van der Waals surface area contributed by atoms with E-state index in [9.17, 15) is 9.00 Å². The molecule has 1 aromatic heterocycles. The molecule has 1 N–H and O–H groups in total. The van der Waals surface area contributed by atoms with Gasteiger partial charge in [-0.25, -0.2) is 4.21 Å². The quantitative estimate of drug-likeness (QED) is 0.800. The third kappa shape index (κ3) is 5.19. The third-order valence-electron chi connectivity index (χ3n) is 2.94. The minimum Gasteiger partial charge on any atom is -0.321 e. The van der Waals surface area contributed by atoms with Gasteiger partial charge in [0.25, 0.3) is 5.56 Å². The van der Waals surface area contributed by atoms with E-state index in [4.69, 9.17) is 11.6 Å². The number of nitrogens with one attached hydrogen (secondary N) is 1. The number of H-pyrrole nitrogens is 1. The van der Waals surface area contributed by atoms with Crippen molar-refractivity contribution in [3.8, 4) is 0 Å².